The highest BCUT2D eigenvalue weighted by Gasteiger charge is 2.48. The Morgan fingerprint density at radius 3 is 2.54 bits per heavy atom. The zero-order valence-corrected chi connectivity index (χ0v) is 22.0. The lowest BCUT2D eigenvalue weighted by Gasteiger charge is -2.45. The van der Waals surface area contributed by atoms with Gasteiger partial charge >= 0.3 is 0 Å². The van der Waals surface area contributed by atoms with Crippen molar-refractivity contribution in [1.82, 2.24) is 14.8 Å². The highest BCUT2D eigenvalue weighted by molar-refractivity contribution is 7.19. The molecule has 1 saturated carbocycles. The molecule has 2 amide bonds. The van der Waals surface area contributed by atoms with Crippen LogP contribution >= 0.6 is 11.3 Å². The molecule has 2 aliphatic rings. The Morgan fingerprint density at radius 1 is 1.14 bits per heavy atom. The first kappa shape index (κ1) is 24.1. The third-order valence-electron chi connectivity index (χ3n) is 8.02. The van der Waals surface area contributed by atoms with Crippen LogP contribution in [0.4, 0.5) is 0 Å². The molecule has 0 unspecified atom stereocenters. The maximum absolute atomic E-state index is 14.0. The fraction of sp³-hybridized carbons (Fsp3) is 0.517. The summed E-state index contributed by atoms with van der Waals surface area (Å²) in [4.78, 5) is 31.2. The van der Waals surface area contributed by atoms with Crippen molar-refractivity contribution >= 4 is 33.4 Å². The van der Waals surface area contributed by atoms with E-state index in [9.17, 15) is 9.59 Å². The van der Waals surface area contributed by atoms with Gasteiger partial charge in [0.1, 0.15) is 11.2 Å². The molecule has 3 heterocycles. The second-order valence-electron chi connectivity index (χ2n) is 10.6. The fourth-order valence-corrected chi connectivity index (χ4v) is 6.82. The Balaban J connectivity index is 1.51. The number of aromatic nitrogens is 1. The molecule has 1 aliphatic carbocycles. The molecule has 0 spiro atoms. The SMILES string of the molecule is CCc1cc2c(cc3n2C[C@@](C)(C(=O)NC2CCCCCC2)N(C[C@@H](C)c2ccccc2)C3=O)s1. The zero-order chi connectivity index (χ0) is 24.6. The van der Waals surface area contributed by atoms with Gasteiger partial charge in [-0.3, -0.25) is 9.59 Å². The minimum absolute atomic E-state index is 0.0172. The maximum Gasteiger partial charge on any atom is 0.271 e. The van der Waals surface area contributed by atoms with Crippen molar-refractivity contribution in [2.45, 2.75) is 89.8 Å². The van der Waals surface area contributed by atoms with Crippen LogP contribution in [0, 0.1) is 0 Å². The van der Waals surface area contributed by atoms with Gasteiger partial charge in [-0.1, -0.05) is 69.9 Å². The van der Waals surface area contributed by atoms with Gasteiger partial charge in [-0.2, -0.15) is 0 Å². The molecule has 1 N–H and O–H groups in total. The number of hydrogen-bond acceptors (Lipinski definition) is 3. The van der Waals surface area contributed by atoms with E-state index in [0.717, 1.165) is 42.3 Å². The third-order valence-corrected chi connectivity index (χ3v) is 9.24. The molecular formula is C29H37N3O2S. The Hall–Kier alpha value is -2.60. The number of aryl methyl sites for hydroxylation is 1. The molecule has 5 rings (SSSR count). The Kier molecular flexibility index (Phi) is 6.75. The second kappa shape index (κ2) is 9.81. The van der Waals surface area contributed by atoms with E-state index in [0.29, 0.717) is 18.8 Å². The molecule has 1 fully saturated rings. The lowest BCUT2D eigenvalue weighted by Crippen LogP contribution is -2.65. The minimum Gasteiger partial charge on any atom is -0.351 e. The topological polar surface area (TPSA) is 54.3 Å². The first-order valence-corrected chi connectivity index (χ1v) is 14.0. The molecule has 1 aliphatic heterocycles. The zero-order valence-electron chi connectivity index (χ0n) is 21.2. The van der Waals surface area contributed by atoms with E-state index in [1.165, 1.54) is 23.3 Å². The van der Waals surface area contributed by atoms with E-state index in [1.54, 1.807) is 11.3 Å². The molecule has 1 aromatic carbocycles. The van der Waals surface area contributed by atoms with Crippen molar-refractivity contribution in [3.8, 4) is 0 Å². The predicted molar refractivity (Wildman–Crippen MR) is 143 cm³/mol. The first-order valence-electron chi connectivity index (χ1n) is 13.2. The maximum atomic E-state index is 14.0. The van der Waals surface area contributed by atoms with Gasteiger partial charge in [-0.05, 0) is 49.8 Å². The molecular weight excluding hydrogens is 454 g/mol. The predicted octanol–water partition coefficient (Wildman–Crippen LogP) is 6.12. The second-order valence-corrected chi connectivity index (χ2v) is 11.8. The molecule has 5 nitrogen and oxygen atoms in total. The van der Waals surface area contributed by atoms with Gasteiger partial charge in [-0.25, -0.2) is 0 Å². The van der Waals surface area contributed by atoms with Crippen molar-refractivity contribution in [3.63, 3.8) is 0 Å². The van der Waals surface area contributed by atoms with E-state index < -0.39 is 5.54 Å². The fourth-order valence-electron chi connectivity index (χ4n) is 5.77. The van der Waals surface area contributed by atoms with E-state index in [-0.39, 0.29) is 23.8 Å². The van der Waals surface area contributed by atoms with Crippen LogP contribution in [0.1, 0.15) is 86.1 Å². The van der Waals surface area contributed by atoms with E-state index in [1.807, 2.05) is 36.1 Å². The van der Waals surface area contributed by atoms with Crippen LogP contribution in [-0.2, 0) is 17.8 Å². The number of hydrogen-bond donors (Lipinski definition) is 1. The van der Waals surface area contributed by atoms with E-state index in [2.05, 4.69) is 41.9 Å². The van der Waals surface area contributed by atoms with Crippen molar-refractivity contribution in [2.24, 2.45) is 0 Å². The molecule has 6 heteroatoms. The minimum atomic E-state index is -0.945. The quantitative estimate of drug-likeness (QED) is 0.422. The normalized spacial score (nSPS) is 22.1. The van der Waals surface area contributed by atoms with Crippen LogP contribution in [0.25, 0.3) is 10.2 Å². The summed E-state index contributed by atoms with van der Waals surface area (Å²) in [6, 6.07) is 14.7. The summed E-state index contributed by atoms with van der Waals surface area (Å²) in [5.41, 5.74) is 2.02. The highest BCUT2D eigenvalue weighted by atomic mass is 32.1. The van der Waals surface area contributed by atoms with Crippen LogP contribution in [-0.4, -0.2) is 39.4 Å². The molecule has 0 saturated heterocycles. The van der Waals surface area contributed by atoms with Crippen LogP contribution < -0.4 is 5.32 Å². The third kappa shape index (κ3) is 4.53. The van der Waals surface area contributed by atoms with Gasteiger partial charge in [0.2, 0.25) is 5.91 Å². The van der Waals surface area contributed by atoms with Crippen molar-refractivity contribution in [2.75, 3.05) is 6.54 Å². The number of rotatable bonds is 6. The average Bonchev–Trinajstić information content (AvgIpc) is 3.31. The molecule has 186 valence electrons. The van der Waals surface area contributed by atoms with Gasteiger partial charge in [0.15, 0.2) is 0 Å². The highest BCUT2D eigenvalue weighted by Crippen LogP contribution is 2.37. The Bertz CT molecular complexity index is 1210. The molecule has 2 aromatic heterocycles. The van der Waals surface area contributed by atoms with E-state index >= 15 is 0 Å². The smallest absolute Gasteiger partial charge is 0.271 e. The number of benzene rings is 1. The Morgan fingerprint density at radius 2 is 1.86 bits per heavy atom. The number of amides is 2. The lowest BCUT2D eigenvalue weighted by molar-refractivity contribution is -0.133. The molecule has 35 heavy (non-hydrogen) atoms. The summed E-state index contributed by atoms with van der Waals surface area (Å²) >= 11 is 1.75. The number of thiophene rings is 1. The van der Waals surface area contributed by atoms with Gasteiger partial charge < -0.3 is 14.8 Å². The number of nitrogens with zero attached hydrogens (tertiary/aromatic N) is 2. The molecule has 0 radical (unpaired) electrons. The first-order chi connectivity index (χ1) is 16.9. The van der Waals surface area contributed by atoms with Gasteiger partial charge in [0.25, 0.3) is 5.91 Å². The van der Waals surface area contributed by atoms with E-state index in [4.69, 9.17) is 0 Å². The monoisotopic (exact) mass is 491 g/mol. The standard InChI is InChI=1S/C29H37N3O2S/c1-4-23-16-24-26(35-23)17-25-27(33)32(18-20(2)21-12-8-7-9-13-21)29(3,19-31(24)25)28(34)30-22-14-10-5-6-11-15-22/h7-9,12-13,16-17,20,22H,4-6,10-11,14-15,18-19H2,1-3H3,(H,30,34)/t20-,29+/m1/s1. The van der Waals surface area contributed by atoms with Crippen LogP contribution in [0.5, 0.6) is 0 Å². The van der Waals surface area contributed by atoms with Crippen LogP contribution in [0.2, 0.25) is 0 Å². The molecule has 3 aromatic rings. The summed E-state index contributed by atoms with van der Waals surface area (Å²) in [7, 11) is 0. The summed E-state index contributed by atoms with van der Waals surface area (Å²) in [5, 5.41) is 3.38. The number of nitrogens with one attached hydrogen (secondary N) is 1. The molecule has 2 atom stereocenters. The van der Waals surface area contributed by atoms with Crippen molar-refractivity contribution in [3.05, 3.63) is 58.6 Å². The summed E-state index contributed by atoms with van der Waals surface area (Å²) in [5.74, 6) is 0.0648. The Labute approximate surface area is 212 Å². The average molecular weight is 492 g/mol. The number of carbonyl (C=O) groups excluding carboxylic acids is 2. The van der Waals surface area contributed by atoms with Gasteiger partial charge in [0, 0.05) is 17.5 Å². The summed E-state index contributed by atoms with van der Waals surface area (Å²) in [6.45, 7) is 7.26. The van der Waals surface area contributed by atoms with Crippen LogP contribution in [0.15, 0.2) is 42.5 Å². The van der Waals surface area contributed by atoms with Crippen LogP contribution in [0.3, 0.4) is 0 Å². The number of carbonyl (C=O) groups is 2. The molecule has 0 bridgehead atoms. The van der Waals surface area contributed by atoms with Crippen molar-refractivity contribution < 1.29 is 9.59 Å². The van der Waals surface area contributed by atoms with Gasteiger partial charge in [0.05, 0.1) is 16.8 Å². The van der Waals surface area contributed by atoms with Crippen molar-refractivity contribution in [1.29, 1.82) is 0 Å². The summed E-state index contributed by atoms with van der Waals surface area (Å²) < 4.78 is 3.23. The number of fused-ring (bicyclic) bond motifs is 3. The largest absolute Gasteiger partial charge is 0.351 e. The lowest BCUT2D eigenvalue weighted by atomic mass is 9.91. The summed E-state index contributed by atoms with van der Waals surface area (Å²) in [6.07, 6.45) is 7.83. The van der Waals surface area contributed by atoms with Gasteiger partial charge in [-0.15, -0.1) is 11.3 Å².